The number of piperazine rings is 1. The van der Waals surface area contributed by atoms with Crippen LogP contribution < -0.4 is 20.1 Å². The van der Waals surface area contributed by atoms with Gasteiger partial charge in [0.05, 0.1) is 6.20 Å². The first-order valence-corrected chi connectivity index (χ1v) is 9.01. The first-order chi connectivity index (χ1) is 11.1. The van der Waals surface area contributed by atoms with Crippen molar-refractivity contribution in [2.45, 2.75) is 46.6 Å². The molecule has 5 nitrogen and oxygen atoms in total. The molecule has 0 atom stereocenters. The average Bonchev–Trinajstić information content (AvgIpc) is 2.45. The Morgan fingerprint density at radius 3 is 2.42 bits per heavy atom. The molecular weight excluding hydrogens is 300 g/mol. The van der Waals surface area contributed by atoms with Crippen molar-refractivity contribution in [1.29, 1.82) is 0 Å². The Balaban J connectivity index is 1.78. The van der Waals surface area contributed by atoms with Crippen LogP contribution in [0, 0.1) is 5.41 Å². The maximum absolute atomic E-state index is 12.4. The number of rotatable bonds is 5. The fraction of sp³-hybridized carbons (Fsp3) is 0.684. The van der Waals surface area contributed by atoms with Crippen molar-refractivity contribution >= 4 is 11.7 Å². The molecule has 1 aromatic heterocycles. The van der Waals surface area contributed by atoms with Crippen LogP contribution in [-0.4, -0.2) is 44.2 Å². The van der Waals surface area contributed by atoms with Gasteiger partial charge in [0.1, 0.15) is 26.2 Å². The molecule has 0 radical (unpaired) electrons. The quantitative estimate of drug-likeness (QED) is 0.826. The highest BCUT2D eigenvalue weighted by Crippen LogP contribution is 2.26. The number of hydrogen-bond acceptors (Lipinski definition) is 2. The number of carbonyl (C=O) groups excluding carboxylic acids is 1. The number of hydrogen-bond donors (Lipinski definition) is 2. The number of amides is 1. The van der Waals surface area contributed by atoms with E-state index >= 15 is 0 Å². The number of nitrogens with zero attached hydrogens (tertiary/aromatic N) is 1. The van der Waals surface area contributed by atoms with E-state index in [-0.39, 0.29) is 16.9 Å². The first kappa shape index (κ1) is 18.7. The van der Waals surface area contributed by atoms with E-state index in [0.717, 1.165) is 38.4 Å². The third kappa shape index (κ3) is 6.11. The molecule has 134 valence electrons. The smallest absolute Gasteiger partial charge is 0.275 e. The molecule has 0 spiro atoms. The minimum atomic E-state index is -0.157. The van der Waals surface area contributed by atoms with Gasteiger partial charge in [0, 0.05) is 11.6 Å². The number of pyridine rings is 1. The summed E-state index contributed by atoms with van der Waals surface area (Å²) in [5.74, 6) is 1.33. The second-order valence-corrected chi connectivity index (χ2v) is 8.83. The minimum absolute atomic E-state index is 0.157. The highest BCUT2D eigenvalue weighted by Gasteiger charge is 2.30. The number of aromatic nitrogens is 1. The monoisotopic (exact) mass is 334 g/mol. The van der Waals surface area contributed by atoms with Gasteiger partial charge < -0.3 is 10.2 Å². The van der Waals surface area contributed by atoms with Gasteiger partial charge >= 0.3 is 0 Å². The number of carbonyl (C=O) groups is 1. The lowest BCUT2D eigenvalue weighted by atomic mass is 9.82. The normalized spacial score (nSPS) is 17.0. The highest BCUT2D eigenvalue weighted by molar-refractivity contribution is 5.77. The van der Waals surface area contributed by atoms with Crippen LogP contribution in [-0.2, 0) is 4.79 Å². The Hall–Kier alpha value is -1.62. The van der Waals surface area contributed by atoms with Crippen molar-refractivity contribution in [3.05, 3.63) is 24.4 Å². The molecule has 0 aromatic carbocycles. The molecule has 1 saturated heterocycles. The Morgan fingerprint density at radius 2 is 1.88 bits per heavy atom. The van der Waals surface area contributed by atoms with Gasteiger partial charge in [-0.1, -0.05) is 26.8 Å². The molecule has 0 aliphatic carbocycles. The summed E-state index contributed by atoms with van der Waals surface area (Å²) in [7, 11) is 0. The number of anilines is 1. The van der Waals surface area contributed by atoms with Crippen molar-refractivity contribution in [3.8, 4) is 0 Å². The lowest BCUT2D eigenvalue weighted by Gasteiger charge is -2.34. The summed E-state index contributed by atoms with van der Waals surface area (Å²) in [6.07, 6.45) is 2.93. The molecule has 0 bridgehead atoms. The zero-order valence-electron chi connectivity index (χ0n) is 15.9. The van der Waals surface area contributed by atoms with Gasteiger partial charge in [0.25, 0.3) is 11.7 Å². The third-order valence-corrected chi connectivity index (χ3v) is 4.36. The Labute approximate surface area is 146 Å². The zero-order chi connectivity index (χ0) is 17.8. The predicted molar refractivity (Wildman–Crippen MR) is 97.1 cm³/mol. The topological polar surface area (TPSA) is 50.9 Å². The van der Waals surface area contributed by atoms with Crippen LogP contribution in [0.25, 0.3) is 0 Å². The maximum Gasteiger partial charge on any atom is 0.275 e. The van der Waals surface area contributed by atoms with Crippen LogP contribution in [0.4, 0.5) is 5.82 Å². The SMILES string of the molecule is CC(C)(C)CC(C)(C)NC(=O)C[NH+]1CCN(c2cccc[nH+]2)CC1. The summed E-state index contributed by atoms with van der Waals surface area (Å²) in [6, 6.07) is 6.15. The van der Waals surface area contributed by atoms with Crippen molar-refractivity contribution in [1.82, 2.24) is 5.32 Å². The van der Waals surface area contributed by atoms with E-state index in [1.165, 1.54) is 4.90 Å². The van der Waals surface area contributed by atoms with Gasteiger partial charge in [-0.2, -0.15) is 0 Å². The van der Waals surface area contributed by atoms with Crippen molar-refractivity contribution in [3.63, 3.8) is 0 Å². The molecule has 2 rings (SSSR count). The number of nitrogens with one attached hydrogen (secondary N) is 3. The second-order valence-electron chi connectivity index (χ2n) is 8.83. The number of aromatic amines is 1. The van der Waals surface area contributed by atoms with Gasteiger partial charge in [-0.05, 0) is 31.7 Å². The summed E-state index contributed by atoms with van der Waals surface area (Å²) in [5.41, 5.74) is 0.0526. The third-order valence-electron chi connectivity index (χ3n) is 4.36. The van der Waals surface area contributed by atoms with Crippen LogP contribution in [0.15, 0.2) is 24.4 Å². The van der Waals surface area contributed by atoms with Crippen LogP contribution in [0.3, 0.4) is 0 Å². The van der Waals surface area contributed by atoms with Crippen LogP contribution in [0.1, 0.15) is 41.0 Å². The van der Waals surface area contributed by atoms with Crippen LogP contribution in [0.2, 0.25) is 0 Å². The lowest BCUT2D eigenvalue weighted by Crippen LogP contribution is -3.16. The largest absolute Gasteiger partial charge is 0.346 e. The molecule has 24 heavy (non-hydrogen) atoms. The molecule has 1 aliphatic heterocycles. The van der Waals surface area contributed by atoms with E-state index in [0.29, 0.717) is 6.54 Å². The van der Waals surface area contributed by atoms with E-state index in [2.05, 4.69) is 62.0 Å². The van der Waals surface area contributed by atoms with Gasteiger partial charge in [-0.3, -0.25) is 9.69 Å². The van der Waals surface area contributed by atoms with Crippen molar-refractivity contribution in [2.75, 3.05) is 37.6 Å². The summed E-state index contributed by atoms with van der Waals surface area (Å²) in [5, 5.41) is 3.22. The van der Waals surface area contributed by atoms with Crippen LogP contribution >= 0.6 is 0 Å². The summed E-state index contributed by atoms with van der Waals surface area (Å²) in [6.45, 7) is 15.4. The van der Waals surface area contributed by atoms with E-state index in [1.54, 1.807) is 0 Å². The average molecular weight is 335 g/mol. The molecule has 3 N–H and O–H groups in total. The summed E-state index contributed by atoms with van der Waals surface area (Å²) >= 11 is 0. The lowest BCUT2D eigenvalue weighted by molar-refractivity contribution is -0.892. The molecule has 2 heterocycles. The van der Waals surface area contributed by atoms with E-state index in [1.807, 2.05) is 12.3 Å². The Morgan fingerprint density at radius 1 is 1.21 bits per heavy atom. The fourth-order valence-electron chi connectivity index (χ4n) is 3.84. The standard InChI is InChI=1S/C19H32N4O/c1-18(2,3)15-19(4,5)21-17(24)14-22-10-12-23(13-11-22)16-8-6-7-9-20-16/h6-9H,10-15H2,1-5H3,(H,21,24)/p+2. The summed E-state index contributed by atoms with van der Waals surface area (Å²) < 4.78 is 0. The van der Waals surface area contributed by atoms with E-state index in [9.17, 15) is 4.79 Å². The highest BCUT2D eigenvalue weighted by atomic mass is 16.2. The second kappa shape index (κ2) is 7.51. The van der Waals surface area contributed by atoms with E-state index < -0.39 is 0 Å². The van der Waals surface area contributed by atoms with Crippen molar-refractivity contribution in [2.24, 2.45) is 5.41 Å². The maximum atomic E-state index is 12.4. The van der Waals surface area contributed by atoms with Gasteiger partial charge in [0.15, 0.2) is 6.54 Å². The number of H-pyrrole nitrogens is 1. The fourth-order valence-corrected chi connectivity index (χ4v) is 3.84. The Bertz CT molecular complexity index is 528. The predicted octanol–water partition coefficient (Wildman–Crippen LogP) is 0.537. The number of quaternary nitrogens is 1. The summed E-state index contributed by atoms with van der Waals surface area (Å²) in [4.78, 5) is 19.4. The molecular formula is C19H34N4O+2. The van der Waals surface area contributed by atoms with Gasteiger partial charge in [-0.25, -0.2) is 4.98 Å². The van der Waals surface area contributed by atoms with Crippen molar-refractivity contribution < 1.29 is 14.7 Å². The Kier molecular flexibility index (Phi) is 5.86. The van der Waals surface area contributed by atoms with Gasteiger partial charge in [0.2, 0.25) is 0 Å². The minimum Gasteiger partial charge on any atom is -0.346 e. The van der Waals surface area contributed by atoms with Gasteiger partial charge in [-0.15, -0.1) is 0 Å². The molecule has 1 fully saturated rings. The zero-order valence-corrected chi connectivity index (χ0v) is 15.9. The molecule has 1 amide bonds. The van der Waals surface area contributed by atoms with Crippen LogP contribution in [0.5, 0.6) is 0 Å². The first-order valence-electron chi connectivity index (χ1n) is 9.01. The van der Waals surface area contributed by atoms with E-state index in [4.69, 9.17) is 0 Å². The molecule has 0 saturated carbocycles. The molecule has 1 aromatic rings. The molecule has 1 aliphatic rings. The molecule has 0 unspecified atom stereocenters. The molecule has 5 heteroatoms.